The SMILES string of the molecule is Cc1ccc(C)c(S(=O)(=O)N2CCc3c(c(C(=O)O)nn3C)C2)c1. The van der Waals surface area contributed by atoms with Crippen molar-refractivity contribution < 1.29 is 18.3 Å². The van der Waals surface area contributed by atoms with Crippen molar-refractivity contribution in [2.45, 2.75) is 31.7 Å². The van der Waals surface area contributed by atoms with Crippen LogP contribution in [0.15, 0.2) is 23.1 Å². The molecule has 24 heavy (non-hydrogen) atoms. The normalized spacial score (nSPS) is 15.3. The Morgan fingerprint density at radius 1 is 1.29 bits per heavy atom. The van der Waals surface area contributed by atoms with Crippen LogP contribution in [-0.4, -0.2) is 40.1 Å². The van der Waals surface area contributed by atoms with Gasteiger partial charge in [-0.15, -0.1) is 0 Å². The summed E-state index contributed by atoms with van der Waals surface area (Å²) in [7, 11) is -2.01. The lowest BCUT2D eigenvalue weighted by Gasteiger charge is -2.27. The van der Waals surface area contributed by atoms with Gasteiger partial charge in [-0.3, -0.25) is 4.68 Å². The zero-order chi connectivity index (χ0) is 17.6. The molecule has 1 aliphatic rings. The van der Waals surface area contributed by atoms with Gasteiger partial charge in [0.1, 0.15) is 0 Å². The van der Waals surface area contributed by atoms with Crippen LogP contribution in [0.1, 0.15) is 32.9 Å². The Morgan fingerprint density at radius 3 is 2.67 bits per heavy atom. The number of nitrogens with zero attached hydrogens (tertiary/aromatic N) is 3. The lowest BCUT2D eigenvalue weighted by molar-refractivity contribution is 0.0687. The standard InChI is InChI=1S/C16H19N3O4S/c1-10-4-5-11(2)14(8-10)24(22,23)19-7-6-13-12(9-19)15(16(20)21)17-18(13)3/h4-5,8H,6-7,9H2,1-3H3,(H,20,21). The van der Waals surface area contributed by atoms with Crippen LogP contribution >= 0.6 is 0 Å². The van der Waals surface area contributed by atoms with Gasteiger partial charge in [-0.05, 0) is 31.0 Å². The van der Waals surface area contributed by atoms with E-state index in [1.807, 2.05) is 13.0 Å². The van der Waals surface area contributed by atoms with Gasteiger partial charge in [0, 0.05) is 37.8 Å². The molecule has 0 unspecified atom stereocenters. The monoisotopic (exact) mass is 349 g/mol. The highest BCUT2D eigenvalue weighted by Crippen LogP contribution is 2.28. The first kappa shape index (κ1) is 16.7. The molecule has 7 nitrogen and oxygen atoms in total. The van der Waals surface area contributed by atoms with E-state index < -0.39 is 16.0 Å². The number of hydrogen-bond donors (Lipinski definition) is 1. The summed E-state index contributed by atoms with van der Waals surface area (Å²) in [6.07, 6.45) is 0.441. The highest BCUT2D eigenvalue weighted by atomic mass is 32.2. The van der Waals surface area contributed by atoms with E-state index in [0.29, 0.717) is 24.1 Å². The maximum Gasteiger partial charge on any atom is 0.356 e. The molecule has 0 bridgehead atoms. The van der Waals surface area contributed by atoms with Crippen LogP contribution in [-0.2, 0) is 30.0 Å². The van der Waals surface area contributed by atoms with Crippen molar-refractivity contribution in [1.82, 2.24) is 14.1 Å². The van der Waals surface area contributed by atoms with Crippen molar-refractivity contribution in [3.05, 3.63) is 46.3 Å². The summed E-state index contributed by atoms with van der Waals surface area (Å²) in [6.45, 7) is 3.94. The van der Waals surface area contributed by atoms with Gasteiger partial charge in [0.25, 0.3) is 0 Å². The number of aromatic nitrogens is 2. The minimum Gasteiger partial charge on any atom is -0.476 e. The van der Waals surface area contributed by atoms with Crippen LogP contribution < -0.4 is 0 Å². The highest BCUT2D eigenvalue weighted by molar-refractivity contribution is 7.89. The van der Waals surface area contributed by atoms with E-state index in [0.717, 1.165) is 11.3 Å². The van der Waals surface area contributed by atoms with E-state index in [1.54, 1.807) is 26.1 Å². The molecule has 0 fully saturated rings. The van der Waals surface area contributed by atoms with E-state index in [1.165, 1.54) is 8.99 Å². The fraction of sp³-hybridized carbons (Fsp3) is 0.375. The number of aryl methyl sites for hydroxylation is 3. The number of carboxylic acid groups (broad SMARTS) is 1. The van der Waals surface area contributed by atoms with E-state index in [2.05, 4.69) is 5.10 Å². The predicted molar refractivity (Wildman–Crippen MR) is 87.4 cm³/mol. The molecule has 1 N–H and O–H groups in total. The summed E-state index contributed by atoms with van der Waals surface area (Å²) >= 11 is 0. The summed E-state index contributed by atoms with van der Waals surface area (Å²) in [5.41, 5.74) is 2.72. The molecular weight excluding hydrogens is 330 g/mol. The van der Waals surface area contributed by atoms with Gasteiger partial charge >= 0.3 is 5.97 Å². The number of carbonyl (C=O) groups is 1. The molecule has 0 atom stereocenters. The predicted octanol–water partition coefficient (Wildman–Crippen LogP) is 1.48. The third-order valence-electron chi connectivity index (χ3n) is 4.37. The zero-order valence-electron chi connectivity index (χ0n) is 13.8. The van der Waals surface area contributed by atoms with E-state index >= 15 is 0 Å². The van der Waals surface area contributed by atoms with Gasteiger partial charge < -0.3 is 5.11 Å². The minimum absolute atomic E-state index is 0.0283. The molecule has 0 spiro atoms. The molecule has 0 amide bonds. The Kier molecular flexibility index (Phi) is 3.97. The third-order valence-corrected chi connectivity index (χ3v) is 6.36. The maximum atomic E-state index is 13.0. The van der Waals surface area contributed by atoms with Crippen LogP contribution in [0.2, 0.25) is 0 Å². The average molecular weight is 349 g/mol. The Labute approximate surface area is 140 Å². The Hall–Kier alpha value is -2.19. The highest BCUT2D eigenvalue weighted by Gasteiger charge is 2.34. The summed E-state index contributed by atoms with van der Waals surface area (Å²) in [4.78, 5) is 11.6. The number of hydrogen-bond acceptors (Lipinski definition) is 4. The summed E-state index contributed by atoms with van der Waals surface area (Å²) < 4.78 is 28.9. The fourth-order valence-corrected chi connectivity index (χ4v) is 4.79. The van der Waals surface area contributed by atoms with Gasteiger partial charge in [-0.2, -0.15) is 9.40 Å². The van der Waals surface area contributed by atoms with Gasteiger partial charge in [-0.25, -0.2) is 13.2 Å². The summed E-state index contributed by atoms with van der Waals surface area (Å²) in [5.74, 6) is -1.14. The number of benzene rings is 1. The first-order chi connectivity index (χ1) is 11.2. The van der Waals surface area contributed by atoms with E-state index in [4.69, 9.17) is 0 Å². The number of fused-ring (bicyclic) bond motifs is 1. The molecule has 3 rings (SSSR count). The number of sulfonamides is 1. The molecule has 1 aromatic carbocycles. The van der Waals surface area contributed by atoms with Gasteiger partial charge in [0.05, 0.1) is 4.90 Å². The molecule has 0 aliphatic carbocycles. The Balaban J connectivity index is 2.03. The quantitative estimate of drug-likeness (QED) is 0.906. The lowest BCUT2D eigenvalue weighted by Crippen LogP contribution is -2.37. The summed E-state index contributed by atoms with van der Waals surface area (Å²) in [5, 5.41) is 13.3. The molecule has 0 radical (unpaired) electrons. The van der Waals surface area contributed by atoms with Crippen molar-refractivity contribution in [3.63, 3.8) is 0 Å². The minimum atomic E-state index is -3.69. The second-order valence-electron chi connectivity index (χ2n) is 6.06. The van der Waals surface area contributed by atoms with Crippen LogP contribution in [0.25, 0.3) is 0 Å². The number of carboxylic acids is 1. The molecule has 2 heterocycles. The fourth-order valence-electron chi connectivity index (χ4n) is 3.07. The second kappa shape index (κ2) is 5.71. The smallest absolute Gasteiger partial charge is 0.356 e. The van der Waals surface area contributed by atoms with Crippen LogP contribution in [0.3, 0.4) is 0 Å². The topological polar surface area (TPSA) is 92.5 Å². The third kappa shape index (κ3) is 2.61. The van der Waals surface area contributed by atoms with Crippen molar-refractivity contribution in [2.24, 2.45) is 7.05 Å². The Morgan fingerprint density at radius 2 is 2.00 bits per heavy atom. The lowest BCUT2D eigenvalue weighted by atomic mass is 10.1. The molecule has 8 heteroatoms. The number of aromatic carboxylic acids is 1. The first-order valence-corrected chi connectivity index (χ1v) is 9.01. The molecule has 2 aromatic rings. The molecular formula is C16H19N3O4S. The molecule has 0 saturated heterocycles. The van der Waals surface area contributed by atoms with Crippen molar-refractivity contribution in [3.8, 4) is 0 Å². The van der Waals surface area contributed by atoms with Crippen LogP contribution in [0.5, 0.6) is 0 Å². The molecule has 0 saturated carbocycles. The van der Waals surface area contributed by atoms with Crippen molar-refractivity contribution >= 4 is 16.0 Å². The zero-order valence-corrected chi connectivity index (χ0v) is 14.6. The largest absolute Gasteiger partial charge is 0.476 e. The van der Waals surface area contributed by atoms with Crippen molar-refractivity contribution in [2.75, 3.05) is 6.54 Å². The van der Waals surface area contributed by atoms with Crippen molar-refractivity contribution in [1.29, 1.82) is 0 Å². The molecule has 1 aliphatic heterocycles. The average Bonchev–Trinajstić information content (AvgIpc) is 2.86. The second-order valence-corrected chi connectivity index (χ2v) is 7.97. The summed E-state index contributed by atoms with van der Waals surface area (Å²) in [6, 6.07) is 5.30. The maximum absolute atomic E-state index is 13.0. The van der Waals surface area contributed by atoms with E-state index in [9.17, 15) is 18.3 Å². The Bertz CT molecular complexity index is 931. The number of rotatable bonds is 3. The van der Waals surface area contributed by atoms with Gasteiger partial charge in [0.15, 0.2) is 5.69 Å². The van der Waals surface area contributed by atoms with Gasteiger partial charge in [0.2, 0.25) is 10.0 Å². The van der Waals surface area contributed by atoms with Crippen LogP contribution in [0.4, 0.5) is 0 Å². The van der Waals surface area contributed by atoms with E-state index in [-0.39, 0.29) is 17.1 Å². The van der Waals surface area contributed by atoms with Crippen LogP contribution in [0, 0.1) is 13.8 Å². The molecule has 128 valence electrons. The molecule has 1 aromatic heterocycles. The van der Waals surface area contributed by atoms with Gasteiger partial charge in [-0.1, -0.05) is 12.1 Å². The first-order valence-electron chi connectivity index (χ1n) is 7.57.